The molecule has 0 aliphatic carbocycles. The van der Waals surface area contributed by atoms with Crippen LogP contribution < -0.4 is 5.32 Å². The van der Waals surface area contributed by atoms with Crippen molar-refractivity contribution in [3.63, 3.8) is 0 Å². The minimum absolute atomic E-state index is 0.192. The summed E-state index contributed by atoms with van der Waals surface area (Å²) in [6.45, 7) is 0.461. The number of hydrogen-bond acceptors (Lipinski definition) is 1. The summed E-state index contributed by atoms with van der Waals surface area (Å²) in [4.78, 5) is 11.6. The molecule has 1 atom stereocenters. The van der Waals surface area contributed by atoms with Gasteiger partial charge in [-0.25, -0.2) is 8.78 Å². The highest BCUT2D eigenvalue weighted by atomic mass is 35.5. The largest absolute Gasteiger partial charge is 0.352 e. The van der Waals surface area contributed by atoms with Gasteiger partial charge in [-0.3, -0.25) is 4.79 Å². The zero-order chi connectivity index (χ0) is 14.2. The third kappa shape index (κ3) is 2.54. The smallest absolute Gasteiger partial charge is 0.327 e. The van der Waals surface area contributed by atoms with E-state index in [2.05, 4.69) is 5.32 Å². The topological polar surface area (TPSA) is 29.1 Å². The average Bonchev–Trinajstić information content (AvgIpc) is 2.37. The molecule has 2 nitrogen and oxygen atoms in total. The predicted octanol–water partition coefficient (Wildman–Crippen LogP) is 3.15. The van der Waals surface area contributed by atoms with Gasteiger partial charge < -0.3 is 5.32 Å². The zero-order valence-corrected chi connectivity index (χ0v) is 10.4. The van der Waals surface area contributed by atoms with Crippen molar-refractivity contribution in [3.05, 3.63) is 34.9 Å². The minimum Gasteiger partial charge on any atom is -0.352 e. The van der Waals surface area contributed by atoms with E-state index in [1.807, 2.05) is 0 Å². The molecule has 1 N–H and O–H groups in total. The lowest BCUT2D eigenvalue weighted by Crippen LogP contribution is -2.33. The number of nitrogens with one attached hydrogen (secondary N) is 1. The summed E-state index contributed by atoms with van der Waals surface area (Å²) in [5, 5.41) is 0.375. The molecular weight excluding hydrogens is 286 g/mol. The van der Waals surface area contributed by atoms with Crippen LogP contribution in [0.5, 0.6) is 0 Å². The number of hydrogen-bond donors (Lipinski definition) is 1. The zero-order valence-electron chi connectivity index (χ0n) is 9.60. The van der Waals surface area contributed by atoms with Gasteiger partial charge in [-0.05, 0) is 23.6 Å². The molecule has 0 saturated carbocycles. The Kier molecular flexibility index (Phi) is 3.71. The van der Waals surface area contributed by atoms with Crippen molar-refractivity contribution < 1.29 is 22.4 Å². The number of alkyl halides is 5. The van der Waals surface area contributed by atoms with Crippen LogP contribution in [0, 0.1) is 0 Å². The molecule has 1 amide bonds. The molecule has 0 fully saturated rings. The Morgan fingerprint density at radius 3 is 2.63 bits per heavy atom. The number of benzene rings is 1. The van der Waals surface area contributed by atoms with E-state index in [4.69, 9.17) is 11.6 Å². The van der Waals surface area contributed by atoms with E-state index in [0.717, 1.165) is 6.07 Å². The Morgan fingerprint density at radius 2 is 2.00 bits per heavy atom. The third-order valence-corrected chi connectivity index (χ3v) is 3.52. The van der Waals surface area contributed by atoms with E-state index in [1.165, 1.54) is 12.1 Å². The van der Waals surface area contributed by atoms with Crippen molar-refractivity contribution in [3.8, 4) is 0 Å². The maximum atomic E-state index is 13.2. The molecule has 0 aromatic heterocycles. The summed E-state index contributed by atoms with van der Waals surface area (Å²) in [7, 11) is 0. The quantitative estimate of drug-likeness (QED) is 0.673. The maximum Gasteiger partial charge on any atom is 0.327 e. The molecule has 1 aromatic rings. The van der Waals surface area contributed by atoms with Crippen LogP contribution >= 0.6 is 11.6 Å². The molecule has 2 rings (SSSR count). The third-order valence-electron chi connectivity index (χ3n) is 2.98. The highest BCUT2D eigenvalue weighted by Crippen LogP contribution is 2.41. The van der Waals surface area contributed by atoms with Crippen LogP contribution in [0.1, 0.15) is 26.9 Å². The SMILES string of the molecule is O=C1NCCc2ccc(C(Cl)C(F)(F)C(F)F)cc21. The monoisotopic (exact) mass is 295 g/mol. The van der Waals surface area contributed by atoms with Crippen LogP contribution in [-0.2, 0) is 6.42 Å². The van der Waals surface area contributed by atoms with E-state index < -0.39 is 23.6 Å². The fourth-order valence-electron chi connectivity index (χ4n) is 1.92. The van der Waals surface area contributed by atoms with Crippen molar-refractivity contribution in [2.24, 2.45) is 0 Å². The van der Waals surface area contributed by atoms with Gasteiger partial charge in [-0.1, -0.05) is 12.1 Å². The van der Waals surface area contributed by atoms with Gasteiger partial charge >= 0.3 is 12.3 Å². The van der Waals surface area contributed by atoms with E-state index in [9.17, 15) is 22.4 Å². The highest BCUT2D eigenvalue weighted by Gasteiger charge is 2.48. The van der Waals surface area contributed by atoms with Crippen molar-refractivity contribution >= 4 is 17.5 Å². The van der Waals surface area contributed by atoms with Gasteiger partial charge in [0.1, 0.15) is 5.38 Å². The molecule has 1 aliphatic rings. The normalized spacial score (nSPS) is 17.1. The Morgan fingerprint density at radius 1 is 1.32 bits per heavy atom. The number of rotatable bonds is 3. The van der Waals surface area contributed by atoms with Crippen LogP contribution in [-0.4, -0.2) is 24.8 Å². The Balaban J connectivity index is 2.37. The van der Waals surface area contributed by atoms with E-state index >= 15 is 0 Å². The fraction of sp³-hybridized carbons (Fsp3) is 0.417. The van der Waals surface area contributed by atoms with E-state index in [1.54, 1.807) is 0 Å². The predicted molar refractivity (Wildman–Crippen MR) is 62.0 cm³/mol. The van der Waals surface area contributed by atoms with Gasteiger partial charge in [0.2, 0.25) is 0 Å². The van der Waals surface area contributed by atoms with Gasteiger partial charge in [-0.15, -0.1) is 11.6 Å². The first-order valence-electron chi connectivity index (χ1n) is 5.55. The highest BCUT2D eigenvalue weighted by molar-refractivity contribution is 6.21. The van der Waals surface area contributed by atoms with Gasteiger partial charge in [0.05, 0.1) is 0 Å². The number of amides is 1. The van der Waals surface area contributed by atoms with Crippen molar-refractivity contribution in [2.75, 3.05) is 6.54 Å². The Bertz CT molecular complexity index is 507. The molecule has 1 aliphatic heterocycles. The standard InChI is InChI=1S/C12H10ClF4NO/c13-9(12(16,17)11(14)15)7-2-1-6-3-4-18-10(19)8(6)5-7/h1-2,5,9,11H,3-4H2,(H,18,19). The average molecular weight is 296 g/mol. The summed E-state index contributed by atoms with van der Waals surface area (Å²) in [5.74, 6) is -4.76. The van der Waals surface area contributed by atoms with Gasteiger partial charge in [0, 0.05) is 12.1 Å². The molecule has 0 spiro atoms. The summed E-state index contributed by atoms with van der Waals surface area (Å²) >= 11 is 5.42. The second-order valence-corrected chi connectivity index (χ2v) is 4.70. The first-order valence-corrected chi connectivity index (χ1v) is 5.98. The van der Waals surface area contributed by atoms with Crippen molar-refractivity contribution in [1.82, 2.24) is 5.32 Å². The summed E-state index contributed by atoms with van der Waals surface area (Å²) in [6, 6.07) is 3.88. The van der Waals surface area contributed by atoms with Gasteiger partial charge in [0.25, 0.3) is 5.91 Å². The molecule has 0 bridgehead atoms. The van der Waals surface area contributed by atoms with Crippen molar-refractivity contribution in [1.29, 1.82) is 0 Å². The Labute approximate surface area is 111 Å². The van der Waals surface area contributed by atoms with Crippen molar-refractivity contribution in [2.45, 2.75) is 24.1 Å². The number of fused-ring (bicyclic) bond motifs is 1. The maximum absolute atomic E-state index is 13.2. The van der Waals surface area contributed by atoms with E-state index in [-0.39, 0.29) is 11.1 Å². The number of carbonyl (C=O) groups is 1. The van der Waals surface area contributed by atoms with Crippen LogP contribution in [0.25, 0.3) is 0 Å². The molecule has 7 heteroatoms. The first-order chi connectivity index (χ1) is 8.84. The summed E-state index contributed by atoms with van der Waals surface area (Å²) in [5.41, 5.74) is 0.707. The molecule has 0 saturated heterocycles. The summed E-state index contributed by atoms with van der Waals surface area (Å²) < 4.78 is 50.8. The number of halogens is 5. The van der Waals surface area contributed by atoms with Gasteiger partial charge in [0.15, 0.2) is 0 Å². The first kappa shape index (κ1) is 14.1. The second-order valence-electron chi connectivity index (χ2n) is 4.26. The Hall–Kier alpha value is -1.30. The lowest BCUT2D eigenvalue weighted by molar-refractivity contribution is -0.130. The van der Waals surface area contributed by atoms with Crippen LogP contribution in [0.3, 0.4) is 0 Å². The molecule has 1 aromatic carbocycles. The molecular formula is C12H10ClF4NO. The molecule has 19 heavy (non-hydrogen) atoms. The van der Waals surface area contributed by atoms with E-state index in [0.29, 0.717) is 18.5 Å². The lowest BCUT2D eigenvalue weighted by atomic mass is 9.95. The second kappa shape index (κ2) is 5.00. The summed E-state index contributed by atoms with van der Waals surface area (Å²) in [6.07, 6.45) is -3.29. The molecule has 1 heterocycles. The number of carbonyl (C=O) groups excluding carboxylic acids is 1. The molecule has 1 unspecified atom stereocenters. The fourth-order valence-corrected chi connectivity index (χ4v) is 2.15. The van der Waals surface area contributed by atoms with Crippen LogP contribution in [0.4, 0.5) is 17.6 Å². The molecule has 0 radical (unpaired) electrons. The lowest BCUT2D eigenvalue weighted by Gasteiger charge is -2.23. The van der Waals surface area contributed by atoms with Crippen LogP contribution in [0.15, 0.2) is 18.2 Å². The molecule has 104 valence electrons. The van der Waals surface area contributed by atoms with Gasteiger partial charge in [-0.2, -0.15) is 8.78 Å². The minimum atomic E-state index is -4.35. The van der Waals surface area contributed by atoms with Crippen LogP contribution in [0.2, 0.25) is 0 Å².